The van der Waals surface area contributed by atoms with Gasteiger partial charge in [-0.3, -0.25) is 0 Å². The molecule has 0 N–H and O–H groups in total. The molecule has 0 fully saturated rings. The maximum absolute atomic E-state index is 6.36. The lowest BCUT2D eigenvalue weighted by Gasteiger charge is -2.18. The Bertz CT molecular complexity index is 524. The van der Waals surface area contributed by atoms with Gasteiger partial charge in [-0.25, -0.2) is 4.98 Å². The molecule has 1 aromatic carbocycles. The summed E-state index contributed by atoms with van der Waals surface area (Å²) in [6, 6.07) is 7.96. The Morgan fingerprint density at radius 3 is 3.07 bits per heavy atom. The molecule has 0 spiro atoms. The van der Waals surface area contributed by atoms with E-state index in [0.717, 1.165) is 40.2 Å². The van der Waals surface area contributed by atoms with Crippen molar-refractivity contribution in [2.24, 2.45) is 0 Å². The molecule has 0 atom stereocenters. The average molecular weight is 220 g/mol. The molecule has 76 valence electrons. The third kappa shape index (κ3) is 1.41. The first kappa shape index (κ1) is 9.13. The highest BCUT2D eigenvalue weighted by molar-refractivity contribution is 6.36. The Labute approximate surface area is 92.8 Å². The van der Waals surface area contributed by atoms with Crippen molar-refractivity contribution >= 4 is 22.5 Å². The van der Waals surface area contributed by atoms with Gasteiger partial charge in [0.15, 0.2) is 0 Å². The van der Waals surface area contributed by atoms with Gasteiger partial charge >= 0.3 is 0 Å². The van der Waals surface area contributed by atoms with Crippen LogP contribution in [-0.4, -0.2) is 11.6 Å². The van der Waals surface area contributed by atoms with Gasteiger partial charge in [-0.1, -0.05) is 29.8 Å². The maximum atomic E-state index is 6.36. The van der Waals surface area contributed by atoms with E-state index < -0.39 is 0 Å². The summed E-state index contributed by atoms with van der Waals surface area (Å²) in [7, 11) is 0. The fraction of sp³-hybridized carbons (Fsp3) is 0.250. The van der Waals surface area contributed by atoms with Crippen molar-refractivity contribution in [3.63, 3.8) is 0 Å². The Balaban J connectivity index is 2.36. The fourth-order valence-corrected chi connectivity index (χ4v) is 2.34. The van der Waals surface area contributed by atoms with Crippen molar-refractivity contribution in [3.8, 4) is 0 Å². The molecule has 3 rings (SSSR count). The first-order valence-corrected chi connectivity index (χ1v) is 5.38. The second-order valence-electron chi connectivity index (χ2n) is 3.67. The lowest BCUT2D eigenvalue weighted by Crippen LogP contribution is -2.12. The highest BCUT2D eigenvalue weighted by Gasteiger charge is 2.16. The molecular weight excluding hydrogens is 210 g/mol. The van der Waals surface area contributed by atoms with Crippen molar-refractivity contribution in [2.45, 2.75) is 13.0 Å². The zero-order valence-corrected chi connectivity index (χ0v) is 8.92. The number of halogens is 1. The normalized spacial score (nSPS) is 15.3. The van der Waals surface area contributed by atoms with Crippen molar-refractivity contribution in [3.05, 3.63) is 40.5 Å². The lowest BCUT2D eigenvalue weighted by molar-refractivity contribution is 0.108. The number of ether oxygens (including phenoxy) is 1. The van der Waals surface area contributed by atoms with Crippen LogP contribution in [0.3, 0.4) is 0 Å². The van der Waals surface area contributed by atoms with Crippen molar-refractivity contribution in [1.29, 1.82) is 0 Å². The monoisotopic (exact) mass is 219 g/mol. The Hall–Kier alpha value is -1.12. The molecule has 0 radical (unpaired) electrons. The third-order valence-electron chi connectivity index (χ3n) is 2.74. The van der Waals surface area contributed by atoms with Crippen molar-refractivity contribution < 1.29 is 4.74 Å². The summed E-state index contributed by atoms with van der Waals surface area (Å²) in [6.07, 6.45) is 0.867. The van der Waals surface area contributed by atoms with E-state index in [1.54, 1.807) is 0 Å². The van der Waals surface area contributed by atoms with E-state index in [4.69, 9.17) is 16.3 Å². The molecule has 1 aliphatic heterocycles. The molecule has 3 heteroatoms. The van der Waals surface area contributed by atoms with Crippen LogP contribution in [-0.2, 0) is 17.8 Å². The van der Waals surface area contributed by atoms with Crippen molar-refractivity contribution in [1.82, 2.24) is 4.98 Å². The number of benzene rings is 1. The Morgan fingerprint density at radius 2 is 2.13 bits per heavy atom. The number of pyridine rings is 1. The number of hydrogen-bond donors (Lipinski definition) is 0. The molecule has 2 nitrogen and oxygen atoms in total. The molecule has 0 unspecified atom stereocenters. The minimum absolute atomic E-state index is 0.583. The van der Waals surface area contributed by atoms with Gasteiger partial charge in [0.2, 0.25) is 0 Å². The van der Waals surface area contributed by atoms with Crippen LogP contribution in [0, 0.1) is 0 Å². The molecule has 0 saturated carbocycles. The minimum atomic E-state index is 0.583. The molecular formula is C12H10ClNO. The number of rotatable bonds is 0. The van der Waals surface area contributed by atoms with Gasteiger partial charge in [0.1, 0.15) is 0 Å². The summed E-state index contributed by atoms with van der Waals surface area (Å²) in [5.74, 6) is 0. The molecule has 1 aliphatic rings. The van der Waals surface area contributed by atoms with Crippen LogP contribution < -0.4 is 0 Å². The second-order valence-corrected chi connectivity index (χ2v) is 4.05. The second kappa shape index (κ2) is 3.47. The largest absolute Gasteiger partial charge is 0.375 e. The van der Waals surface area contributed by atoms with Crippen LogP contribution in [0.1, 0.15) is 11.3 Å². The number of nitrogens with zero attached hydrogens (tertiary/aromatic N) is 1. The summed E-state index contributed by atoms with van der Waals surface area (Å²) in [5, 5.41) is 1.89. The van der Waals surface area contributed by atoms with Gasteiger partial charge < -0.3 is 4.74 Å². The summed E-state index contributed by atoms with van der Waals surface area (Å²) in [6.45, 7) is 1.33. The minimum Gasteiger partial charge on any atom is -0.375 e. The molecule has 0 saturated heterocycles. The van der Waals surface area contributed by atoms with Gasteiger partial charge in [-0.05, 0) is 18.1 Å². The van der Waals surface area contributed by atoms with Gasteiger partial charge in [0, 0.05) is 5.39 Å². The molecule has 1 aromatic heterocycles. The molecule has 0 aliphatic carbocycles. The maximum Gasteiger partial charge on any atom is 0.0891 e. The quantitative estimate of drug-likeness (QED) is 0.680. The molecule has 0 amide bonds. The van der Waals surface area contributed by atoms with Crippen LogP contribution in [0.4, 0.5) is 0 Å². The van der Waals surface area contributed by atoms with Gasteiger partial charge in [0.05, 0.1) is 29.4 Å². The Kier molecular flexibility index (Phi) is 2.11. The number of fused-ring (bicyclic) bond motifs is 2. The average Bonchev–Trinajstić information content (AvgIpc) is 2.30. The van der Waals surface area contributed by atoms with E-state index >= 15 is 0 Å². The number of para-hydroxylation sites is 1. The van der Waals surface area contributed by atoms with Crippen LogP contribution in [0.15, 0.2) is 24.3 Å². The highest BCUT2D eigenvalue weighted by Crippen LogP contribution is 2.30. The van der Waals surface area contributed by atoms with E-state index in [2.05, 4.69) is 4.98 Å². The lowest BCUT2D eigenvalue weighted by atomic mass is 10.1. The number of aromatic nitrogens is 1. The van der Waals surface area contributed by atoms with Gasteiger partial charge in [0.25, 0.3) is 0 Å². The molecule has 0 bridgehead atoms. The predicted octanol–water partition coefficient (Wildman–Crippen LogP) is 2.96. The highest BCUT2D eigenvalue weighted by atomic mass is 35.5. The predicted molar refractivity (Wildman–Crippen MR) is 60.1 cm³/mol. The van der Waals surface area contributed by atoms with E-state index in [-0.39, 0.29) is 0 Å². The number of hydrogen-bond acceptors (Lipinski definition) is 2. The van der Waals surface area contributed by atoms with E-state index in [9.17, 15) is 0 Å². The van der Waals surface area contributed by atoms with E-state index in [0.29, 0.717) is 6.61 Å². The molecule has 15 heavy (non-hydrogen) atoms. The third-order valence-corrected chi connectivity index (χ3v) is 3.18. The van der Waals surface area contributed by atoms with E-state index in [1.807, 2.05) is 24.3 Å². The SMILES string of the molecule is Clc1c2c(nc3ccccc13)COCC2. The summed E-state index contributed by atoms with van der Waals surface area (Å²) in [4.78, 5) is 4.57. The van der Waals surface area contributed by atoms with Crippen LogP contribution in [0.25, 0.3) is 10.9 Å². The first-order chi connectivity index (χ1) is 7.36. The standard InChI is InChI=1S/C12H10ClNO/c13-12-8-3-1-2-4-10(8)14-11-7-15-6-5-9(11)12/h1-4H,5-7H2. The van der Waals surface area contributed by atoms with Crippen LogP contribution >= 0.6 is 11.6 Å². The van der Waals surface area contributed by atoms with Gasteiger partial charge in [-0.15, -0.1) is 0 Å². The molecule has 2 aromatic rings. The smallest absolute Gasteiger partial charge is 0.0891 e. The first-order valence-electron chi connectivity index (χ1n) is 5.00. The Morgan fingerprint density at radius 1 is 1.27 bits per heavy atom. The summed E-state index contributed by atoms with van der Waals surface area (Å²) >= 11 is 6.36. The summed E-state index contributed by atoms with van der Waals surface area (Å²) < 4.78 is 5.38. The van der Waals surface area contributed by atoms with Crippen LogP contribution in [0.5, 0.6) is 0 Å². The van der Waals surface area contributed by atoms with Crippen molar-refractivity contribution in [2.75, 3.05) is 6.61 Å². The zero-order chi connectivity index (χ0) is 10.3. The van der Waals surface area contributed by atoms with E-state index in [1.165, 1.54) is 0 Å². The van der Waals surface area contributed by atoms with Crippen LogP contribution in [0.2, 0.25) is 5.02 Å². The zero-order valence-electron chi connectivity index (χ0n) is 8.16. The summed E-state index contributed by atoms with van der Waals surface area (Å²) in [5.41, 5.74) is 3.10. The fourth-order valence-electron chi connectivity index (χ4n) is 1.98. The topological polar surface area (TPSA) is 22.1 Å². The molecule has 2 heterocycles. The van der Waals surface area contributed by atoms with Gasteiger partial charge in [-0.2, -0.15) is 0 Å².